The van der Waals surface area contributed by atoms with Crippen LogP contribution in [0.3, 0.4) is 0 Å². The van der Waals surface area contributed by atoms with Crippen LogP contribution in [0.4, 0.5) is 5.69 Å². The molecule has 2 heterocycles. The second-order valence-electron chi connectivity index (χ2n) is 10.4. The number of ketones is 2. The van der Waals surface area contributed by atoms with Gasteiger partial charge in [-0.15, -0.1) is 0 Å². The summed E-state index contributed by atoms with van der Waals surface area (Å²) in [6.07, 6.45) is 0.582. The number of carboxylic acid groups (broad SMARTS) is 1. The van der Waals surface area contributed by atoms with Crippen LogP contribution < -0.4 is 4.99 Å². The minimum atomic E-state index is -1.17. The molecule has 6 rings (SSSR count). The van der Waals surface area contributed by atoms with Gasteiger partial charge < -0.3 is 20.1 Å². The number of carbonyl (C=O) groups is 4. The van der Waals surface area contributed by atoms with E-state index in [1.165, 1.54) is 6.92 Å². The maximum atomic E-state index is 11.5. The number of para-hydroxylation sites is 2. The zero-order valence-corrected chi connectivity index (χ0v) is 27.0. The minimum absolute atomic E-state index is 0.116. The van der Waals surface area contributed by atoms with Crippen molar-refractivity contribution in [3.8, 4) is 5.75 Å². The quantitative estimate of drug-likeness (QED) is 0.163. The molecule has 1 aromatic heterocycles. The Kier molecular flexibility index (Phi) is 12.0. The van der Waals surface area contributed by atoms with Crippen molar-refractivity contribution < 1.29 is 44.2 Å². The number of nitrogens with one attached hydrogen (secondary N) is 1. The van der Waals surface area contributed by atoms with Crippen molar-refractivity contribution in [1.82, 2.24) is 4.98 Å². The average Bonchev–Trinajstić information content (AvgIpc) is 3.35. The summed E-state index contributed by atoms with van der Waals surface area (Å²) in [5, 5.41) is 30.3. The zero-order chi connectivity index (χ0) is 34.8. The Morgan fingerprint density at radius 3 is 2.00 bits per heavy atom. The van der Waals surface area contributed by atoms with E-state index in [4.69, 9.17) is 28.3 Å². The summed E-state index contributed by atoms with van der Waals surface area (Å²) in [7, 11) is 0. The van der Waals surface area contributed by atoms with Gasteiger partial charge in [0.25, 0.3) is 0 Å². The van der Waals surface area contributed by atoms with Crippen molar-refractivity contribution in [2.75, 3.05) is 6.61 Å². The van der Waals surface area contributed by atoms with E-state index in [-0.39, 0.29) is 41.8 Å². The van der Waals surface area contributed by atoms with Crippen LogP contribution in [-0.4, -0.2) is 56.3 Å². The number of esters is 1. The number of fused-ring (bicyclic) bond motifs is 2. The smallest absolute Gasteiger partial charge is 0.414 e. The number of aromatic carboxylic acids is 1. The maximum absolute atomic E-state index is 11.5. The van der Waals surface area contributed by atoms with E-state index in [0.29, 0.717) is 44.3 Å². The highest BCUT2D eigenvalue weighted by Crippen LogP contribution is 2.30. The van der Waals surface area contributed by atoms with E-state index in [9.17, 15) is 29.4 Å². The number of benzene rings is 4. The number of Topliss-reactive ketones (excluding diaryl/α,β-unsaturated/α-hetero) is 2. The lowest BCUT2D eigenvalue weighted by Crippen LogP contribution is -2.64. The largest absolute Gasteiger partial charge is 0.505 e. The predicted octanol–water partition coefficient (Wildman–Crippen LogP) is 5.45. The Hall–Kier alpha value is -5.58. The van der Waals surface area contributed by atoms with Gasteiger partial charge in [-0.05, 0) is 47.5 Å². The molecule has 1 aliphatic rings. The van der Waals surface area contributed by atoms with Gasteiger partial charge in [0, 0.05) is 41.3 Å². The maximum Gasteiger partial charge on any atom is 0.414 e. The molecular formula is C36H29Cl2N2O8+. The van der Waals surface area contributed by atoms with E-state index in [1.54, 1.807) is 84.9 Å². The number of hydrogen-bond acceptors (Lipinski definition) is 7. The fraction of sp³-hybridized carbons (Fsp3) is 0.111. The molecule has 0 radical (unpaired) electrons. The normalized spacial score (nSPS) is 11.3. The molecule has 0 bridgehead atoms. The van der Waals surface area contributed by atoms with Crippen LogP contribution in [0.5, 0.6) is 5.75 Å². The molecule has 48 heavy (non-hydrogen) atoms. The molecule has 0 amide bonds. The highest BCUT2D eigenvalue weighted by Gasteiger charge is 2.30. The van der Waals surface area contributed by atoms with Crippen molar-refractivity contribution in [2.24, 2.45) is 0 Å². The van der Waals surface area contributed by atoms with Crippen LogP contribution in [0, 0.1) is 0 Å². The molecule has 4 aromatic carbocycles. The molecule has 0 unspecified atom stereocenters. The highest BCUT2D eigenvalue weighted by molar-refractivity contribution is 6.42. The monoisotopic (exact) mass is 687 g/mol. The van der Waals surface area contributed by atoms with Crippen LogP contribution in [0.25, 0.3) is 10.9 Å². The number of aliphatic hydroxyl groups is 1. The number of rotatable bonds is 7. The summed E-state index contributed by atoms with van der Waals surface area (Å²) in [4.78, 5) is 51.2. The summed E-state index contributed by atoms with van der Waals surface area (Å²) >= 11 is 11.5. The molecule has 0 fully saturated rings. The number of aromatic nitrogens is 1. The molecule has 12 heteroatoms. The number of carboxylic acids is 1. The third-order valence-corrected chi connectivity index (χ3v) is 7.33. The van der Waals surface area contributed by atoms with E-state index in [1.807, 2.05) is 12.1 Å². The van der Waals surface area contributed by atoms with Gasteiger partial charge >= 0.3 is 23.6 Å². The number of hydrogen-bond donors (Lipinski definition) is 4. The standard InChI is InChI=1S/C17H12ClNO3.C11H11ClO3.C8H5NO2/c18-11-7-5-10(6-8-11)9-14-16(20)15(17(21)22)12-3-1-2-4-13(12)19-14;1-8(13)15-7-11(14)6-9-2-4-10(12)5-3-9;10-7-5-3-1-2-4-6(5)9-8(7)11/h1-8,20H,9H2,(H,21,22);2-5H,6-7H2,1H3;1-4H,(H,9,10,11)/p+1. The second kappa shape index (κ2) is 16.3. The summed E-state index contributed by atoms with van der Waals surface area (Å²) in [5.74, 6) is -2.66. The van der Waals surface area contributed by atoms with Gasteiger partial charge in [-0.2, -0.15) is 4.99 Å². The Bertz CT molecular complexity index is 2010. The van der Waals surface area contributed by atoms with Gasteiger partial charge in [0.15, 0.2) is 11.5 Å². The number of halogens is 2. The highest BCUT2D eigenvalue weighted by atomic mass is 35.5. The van der Waals surface area contributed by atoms with Crippen LogP contribution in [0.1, 0.15) is 44.5 Å². The van der Waals surface area contributed by atoms with Crippen LogP contribution >= 0.6 is 23.2 Å². The number of carbonyl (C=O) groups excluding carboxylic acids is 3. The van der Waals surface area contributed by atoms with E-state index in [0.717, 1.165) is 11.1 Å². The van der Waals surface area contributed by atoms with E-state index >= 15 is 0 Å². The van der Waals surface area contributed by atoms with Gasteiger partial charge in [0.1, 0.15) is 17.7 Å². The SMILES string of the molecule is CC(=O)OCC(=O)Cc1ccc(Cl)cc1.O=C(O)c1c(O)c(Cc2ccc(Cl)cc2)nc2ccccc12.O=C1C(O)=[NH+]c2ccccc21. The van der Waals surface area contributed by atoms with Gasteiger partial charge in [0.05, 0.1) is 11.2 Å². The molecule has 5 aromatic rings. The van der Waals surface area contributed by atoms with Crippen molar-refractivity contribution in [3.05, 3.63) is 135 Å². The first-order valence-corrected chi connectivity index (χ1v) is 15.1. The Labute approximate surface area is 284 Å². The summed E-state index contributed by atoms with van der Waals surface area (Å²) in [6.45, 7) is 1.10. The predicted molar refractivity (Wildman–Crippen MR) is 180 cm³/mol. The average molecular weight is 689 g/mol. The molecule has 0 saturated carbocycles. The number of aromatic hydroxyl groups is 1. The lowest BCUT2D eigenvalue weighted by molar-refractivity contribution is -0.359. The Balaban J connectivity index is 0.000000174. The zero-order valence-electron chi connectivity index (χ0n) is 25.4. The molecule has 10 nitrogen and oxygen atoms in total. The number of nitrogens with zero attached hydrogens (tertiary/aromatic N) is 1. The van der Waals surface area contributed by atoms with Crippen molar-refractivity contribution >= 4 is 69.2 Å². The van der Waals surface area contributed by atoms with Crippen LogP contribution in [0.2, 0.25) is 10.0 Å². The molecule has 244 valence electrons. The third-order valence-electron chi connectivity index (χ3n) is 6.83. The van der Waals surface area contributed by atoms with Crippen LogP contribution in [0.15, 0.2) is 97.1 Å². The van der Waals surface area contributed by atoms with Crippen molar-refractivity contribution in [2.45, 2.75) is 19.8 Å². The summed E-state index contributed by atoms with van der Waals surface area (Å²) < 4.78 is 4.59. The van der Waals surface area contributed by atoms with Gasteiger partial charge in [0.2, 0.25) is 5.69 Å². The van der Waals surface area contributed by atoms with E-state index in [2.05, 4.69) is 14.7 Å². The van der Waals surface area contributed by atoms with Gasteiger partial charge in [-0.3, -0.25) is 14.4 Å². The van der Waals surface area contributed by atoms with Crippen molar-refractivity contribution in [1.29, 1.82) is 0 Å². The molecule has 0 spiro atoms. The molecule has 1 aliphatic heterocycles. The number of ether oxygens (including phenoxy) is 1. The number of aliphatic hydroxyl groups excluding tert-OH is 1. The Morgan fingerprint density at radius 1 is 0.812 bits per heavy atom. The van der Waals surface area contributed by atoms with E-state index < -0.39 is 11.9 Å². The first kappa shape index (κ1) is 35.3. The minimum Gasteiger partial charge on any atom is -0.505 e. The molecule has 0 saturated heterocycles. The third kappa shape index (κ3) is 9.47. The topological polar surface area (TPSA) is 165 Å². The van der Waals surface area contributed by atoms with Crippen LogP contribution in [-0.2, 0) is 27.2 Å². The lowest BCUT2D eigenvalue weighted by Gasteiger charge is -2.10. The first-order valence-electron chi connectivity index (χ1n) is 14.4. The number of pyridine rings is 1. The first-order chi connectivity index (χ1) is 22.9. The summed E-state index contributed by atoms with van der Waals surface area (Å²) in [6, 6.07) is 28.0. The Morgan fingerprint density at radius 2 is 1.40 bits per heavy atom. The fourth-order valence-corrected chi connectivity index (χ4v) is 4.81. The molecule has 0 atom stereocenters. The molecule has 4 N–H and O–H groups in total. The molecule has 0 aliphatic carbocycles. The lowest BCUT2D eigenvalue weighted by atomic mass is 10.0. The van der Waals surface area contributed by atoms with Gasteiger partial charge in [-0.25, -0.2) is 9.78 Å². The van der Waals surface area contributed by atoms with Gasteiger partial charge in [-0.1, -0.05) is 77.8 Å². The van der Waals surface area contributed by atoms with Crippen molar-refractivity contribution in [3.63, 3.8) is 0 Å². The second-order valence-corrected chi connectivity index (χ2v) is 11.3. The molecular weight excluding hydrogens is 659 g/mol. The summed E-state index contributed by atoms with van der Waals surface area (Å²) in [5.41, 5.74) is 3.71. The fourth-order valence-electron chi connectivity index (χ4n) is 4.55.